The number of aryl methyl sites for hydroxylation is 2. The van der Waals surface area contributed by atoms with Crippen LogP contribution in [0.2, 0.25) is 5.02 Å². The second kappa shape index (κ2) is 4.83. The number of hydrogen-bond acceptors (Lipinski definition) is 3. The molecule has 0 aliphatic rings. The highest BCUT2D eigenvalue weighted by Gasteiger charge is 2.16. The molecule has 0 amide bonds. The third-order valence-electron chi connectivity index (χ3n) is 3.23. The van der Waals surface area contributed by atoms with Crippen molar-refractivity contribution < 1.29 is 4.39 Å². The van der Waals surface area contributed by atoms with Gasteiger partial charge in [0.2, 0.25) is 0 Å². The highest BCUT2D eigenvalue weighted by Crippen LogP contribution is 2.29. The summed E-state index contributed by atoms with van der Waals surface area (Å²) in [7, 11) is 1.78. The number of aromatic nitrogens is 3. The van der Waals surface area contributed by atoms with Crippen molar-refractivity contribution in [1.29, 1.82) is 5.26 Å². The molecule has 0 saturated heterocycles. The number of nitrogens with zero attached hydrogens (tertiary/aromatic N) is 4. The van der Waals surface area contributed by atoms with Crippen LogP contribution >= 0.6 is 11.6 Å². The van der Waals surface area contributed by atoms with Gasteiger partial charge in [-0.05, 0) is 25.1 Å². The summed E-state index contributed by atoms with van der Waals surface area (Å²) in [4.78, 5) is 4.32. The molecule has 0 aliphatic carbocycles. The van der Waals surface area contributed by atoms with E-state index < -0.39 is 5.82 Å². The Morgan fingerprint density at radius 2 is 2.10 bits per heavy atom. The van der Waals surface area contributed by atoms with Gasteiger partial charge in [-0.2, -0.15) is 10.4 Å². The Hall–Kier alpha value is -2.45. The molecule has 2 heterocycles. The maximum absolute atomic E-state index is 14.0. The summed E-state index contributed by atoms with van der Waals surface area (Å²) < 4.78 is 15.7. The monoisotopic (exact) mass is 300 g/mol. The zero-order valence-corrected chi connectivity index (χ0v) is 12.1. The summed E-state index contributed by atoms with van der Waals surface area (Å²) in [6, 6.07) is 6.49. The number of benzene rings is 1. The van der Waals surface area contributed by atoms with Gasteiger partial charge in [0.1, 0.15) is 11.6 Å². The predicted molar refractivity (Wildman–Crippen MR) is 78.4 cm³/mol. The molecule has 6 heteroatoms. The van der Waals surface area contributed by atoms with Gasteiger partial charge < -0.3 is 0 Å². The molecule has 0 N–H and O–H groups in total. The summed E-state index contributed by atoms with van der Waals surface area (Å²) in [5.41, 5.74) is 2.43. The molecule has 104 valence electrons. The third-order valence-corrected chi connectivity index (χ3v) is 3.44. The summed E-state index contributed by atoms with van der Waals surface area (Å²) in [6.07, 6.45) is 1.76. The summed E-state index contributed by atoms with van der Waals surface area (Å²) in [5, 5.41) is 14.3. The van der Waals surface area contributed by atoms with E-state index in [-0.39, 0.29) is 10.5 Å². The number of rotatable bonds is 1. The summed E-state index contributed by atoms with van der Waals surface area (Å²) in [5.74, 6) is -0.509. The Labute approximate surface area is 125 Å². The van der Waals surface area contributed by atoms with E-state index in [0.29, 0.717) is 22.2 Å². The van der Waals surface area contributed by atoms with E-state index >= 15 is 0 Å². The van der Waals surface area contributed by atoms with Crippen LogP contribution in [0.4, 0.5) is 4.39 Å². The van der Waals surface area contributed by atoms with Crippen LogP contribution in [0.3, 0.4) is 0 Å². The molecule has 0 atom stereocenters. The largest absolute Gasteiger partial charge is 0.275 e. The molecular formula is C15H10ClFN4. The van der Waals surface area contributed by atoms with Crippen LogP contribution in [0.1, 0.15) is 11.3 Å². The van der Waals surface area contributed by atoms with Crippen molar-refractivity contribution in [2.24, 2.45) is 7.05 Å². The van der Waals surface area contributed by atoms with Crippen LogP contribution < -0.4 is 0 Å². The fourth-order valence-electron chi connectivity index (χ4n) is 2.33. The minimum Gasteiger partial charge on any atom is -0.275 e. The highest BCUT2D eigenvalue weighted by atomic mass is 35.5. The molecule has 0 aliphatic heterocycles. The molecule has 0 fully saturated rings. The van der Waals surface area contributed by atoms with Crippen molar-refractivity contribution in [3.8, 4) is 17.3 Å². The predicted octanol–water partition coefficient (Wildman–Crippen LogP) is 3.61. The van der Waals surface area contributed by atoms with Crippen molar-refractivity contribution in [2.45, 2.75) is 6.92 Å². The average Bonchev–Trinajstić information content (AvgIpc) is 2.76. The van der Waals surface area contributed by atoms with Crippen LogP contribution in [0.25, 0.3) is 22.2 Å². The number of fused-ring (bicyclic) bond motifs is 1. The van der Waals surface area contributed by atoms with Gasteiger partial charge in [-0.25, -0.2) is 9.37 Å². The minimum absolute atomic E-state index is 0.191. The lowest BCUT2D eigenvalue weighted by molar-refractivity contribution is 0.637. The van der Waals surface area contributed by atoms with Gasteiger partial charge in [0.05, 0.1) is 17.0 Å². The fraction of sp³-hybridized carbons (Fsp3) is 0.133. The van der Waals surface area contributed by atoms with E-state index in [9.17, 15) is 9.65 Å². The molecule has 0 unspecified atom stereocenters. The molecule has 2 aromatic heterocycles. The molecule has 0 radical (unpaired) electrons. The SMILES string of the molecule is Cc1nn(C)cc1-c1nc2c(F)cc(Cl)cc2cc1C#N. The molecule has 21 heavy (non-hydrogen) atoms. The molecule has 0 saturated carbocycles. The van der Waals surface area contributed by atoms with E-state index in [0.717, 1.165) is 5.69 Å². The standard InChI is InChI=1S/C15H10ClFN4/c1-8-12(7-21(2)20-8)14-10(6-18)3-9-4-11(16)5-13(17)15(9)19-14/h3-5,7H,1-2H3. The minimum atomic E-state index is -0.509. The van der Waals surface area contributed by atoms with Crippen LogP contribution in [-0.2, 0) is 7.05 Å². The topological polar surface area (TPSA) is 54.5 Å². The van der Waals surface area contributed by atoms with Crippen LogP contribution in [0, 0.1) is 24.1 Å². The van der Waals surface area contributed by atoms with E-state index in [1.807, 2.05) is 6.92 Å². The van der Waals surface area contributed by atoms with Crippen molar-refractivity contribution in [3.63, 3.8) is 0 Å². The first kappa shape index (κ1) is 13.5. The Morgan fingerprint density at radius 1 is 1.33 bits per heavy atom. The van der Waals surface area contributed by atoms with Gasteiger partial charge in [0.15, 0.2) is 5.82 Å². The van der Waals surface area contributed by atoms with E-state index in [1.54, 1.807) is 30.1 Å². The lowest BCUT2D eigenvalue weighted by atomic mass is 10.0. The normalized spacial score (nSPS) is 10.8. The second-order valence-electron chi connectivity index (χ2n) is 4.76. The van der Waals surface area contributed by atoms with E-state index in [2.05, 4.69) is 16.2 Å². The summed E-state index contributed by atoms with van der Waals surface area (Å²) in [6.45, 7) is 1.82. The van der Waals surface area contributed by atoms with Gasteiger partial charge in [0.25, 0.3) is 0 Å². The summed E-state index contributed by atoms with van der Waals surface area (Å²) >= 11 is 5.84. The van der Waals surface area contributed by atoms with E-state index in [1.165, 1.54) is 6.07 Å². The van der Waals surface area contributed by atoms with Crippen LogP contribution in [0.15, 0.2) is 24.4 Å². The van der Waals surface area contributed by atoms with Crippen molar-refractivity contribution in [3.05, 3.63) is 46.5 Å². The molecular weight excluding hydrogens is 291 g/mol. The Bertz CT molecular complexity index is 908. The average molecular weight is 301 g/mol. The van der Waals surface area contributed by atoms with Gasteiger partial charge in [-0.3, -0.25) is 4.68 Å². The van der Waals surface area contributed by atoms with Crippen LogP contribution in [0.5, 0.6) is 0 Å². The molecule has 3 aromatic rings. The molecule has 0 spiro atoms. The van der Waals surface area contributed by atoms with E-state index in [4.69, 9.17) is 11.6 Å². The first-order valence-corrected chi connectivity index (χ1v) is 6.58. The van der Waals surface area contributed by atoms with Gasteiger partial charge in [0, 0.05) is 29.2 Å². The van der Waals surface area contributed by atoms with Gasteiger partial charge >= 0.3 is 0 Å². The van der Waals surface area contributed by atoms with Crippen LogP contribution in [-0.4, -0.2) is 14.8 Å². The zero-order chi connectivity index (χ0) is 15.1. The maximum Gasteiger partial charge on any atom is 0.150 e. The maximum atomic E-state index is 14.0. The van der Waals surface area contributed by atoms with Gasteiger partial charge in [-0.15, -0.1) is 0 Å². The third kappa shape index (κ3) is 2.24. The first-order chi connectivity index (χ1) is 9.99. The Morgan fingerprint density at radius 3 is 2.71 bits per heavy atom. The van der Waals surface area contributed by atoms with Gasteiger partial charge in [-0.1, -0.05) is 11.6 Å². The zero-order valence-electron chi connectivity index (χ0n) is 11.4. The smallest absolute Gasteiger partial charge is 0.150 e. The van der Waals surface area contributed by atoms with Crippen molar-refractivity contribution in [2.75, 3.05) is 0 Å². The number of halogens is 2. The molecule has 3 rings (SSSR count). The Kier molecular flexibility index (Phi) is 3.11. The first-order valence-electron chi connectivity index (χ1n) is 6.20. The molecule has 1 aromatic carbocycles. The highest BCUT2D eigenvalue weighted by molar-refractivity contribution is 6.31. The Balaban J connectivity index is 2.38. The molecule has 4 nitrogen and oxygen atoms in total. The number of nitriles is 1. The fourth-order valence-corrected chi connectivity index (χ4v) is 2.55. The quantitative estimate of drug-likeness (QED) is 0.690. The van der Waals surface area contributed by atoms with Crippen molar-refractivity contribution >= 4 is 22.5 Å². The number of pyridine rings is 1. The lowest BCUT2D eigenvalue weighted by Gasteiger charge is -2.06. The molecule has 0 bridgehead atoms. The second-order valence-corrected chi connectivity index (χ2v) is 5.19. The number of hydrogen-bond donors (Lipinski definition) is 0. The van der Waals surface area contributed by atoms with Crippen molar-refractivity contribution in [1.82, 2.24) is 14.8 Å². The lowest BCUT2D eigenvalue weighted by Crippen LogP contribution is -1.94.